The largest absolute Gasteiger partial charge is 0.310 e. The van der Waals surface area contributed by atoms with Crippen molar-refractivity contribution < 1.29 is 4.39 Å². The van der Waals surface area contributed by atoms with E-state index in [1.54, 1.807) is 6.07 Å². The summed E-state index contributed by atoms with van der Waals surface area (Å²) in [6.07, 6.45) is 2.07. The van der Waals surface area contributed by atoms with Crippen LogP contribution in [0.4, 0.5) is 4.39 Å². The number of nitrogens with one attached hydrogen (secondary N) is 1. The van der Waals surface area contributed by atoms with Crippen molar-refractivity contribution in [1.29, 1.82) is 0 Å². The van der Waals surface area contributed by atoms with Gasteiger partial charge in [0.15, 0.2) is 0 Å². The number of hydrogen-bond acceptors (Lipinski definition) is 1. The van der Waals surface area contributed by atoms with E-state index >= 15 is 0 Å². The maximum Gasteiger partial charge on any atom is 0.124 e. The molecule has 16 heavy (non-hydrogen) atoms. The van der Waals surface area contributed by atoms with Crippen LogP contribution in [0.2, 0.25) is 0 Å². The molecule has 1 atom stereocenters. The smallest absolute Gasteiger partial charge is 0.124 e. The van der Waals surface area contributed by atoms with Gasteiger partial charge in [0.1, 0.15) is 5.82 Å². The van der Waals surface area contributed by atoms with Crippen LogP contribution in [-0.4, -0.2) is 11.9 Å². The van der Waals surface area contributed by atoms with Crippen LogP contribution in [0.5, 0.6) is 0 Å². The van der Waals surface area contributed by atoms with Crippen LogP contribution in [0.3, 0.4) is 0 Å². The first-order valence-electron chi connectivity index (χ1n) is 5.36. The van der Waals surface area contributed by atoms with Crippen LogP contribution in [-0.2, 0) is 6.54 Å². The number of rotatable bonds is 6. The third-order valence-electron chi connectivity index (χ3n) is 2.43. The molecule has 0 spiro atoms. The SMILES string of the molecule is CC(CCCCl)NCc1ccc(F)cc1Br. The van der Waals surface area contributed by atoms with Gasteiger partial charge in [-0.15, -0.1) is 11.6 Å². The minimum Gasteiger partial charge on any atom is -0.310 e. The van der Waals surface area contributed by atoms with Gasteiger partial charge in [-0.3, -0.25) is 0 Å². The van der Waals surface area contributed by atoms with Gasteiger partial charge < -0.3 is 5.32 Å². The Morgan fingerprint density at radius 2 is 2.25 bits per heavy atom. The van der Waals surface area contributed by atoms with Crippen LogP contribution in [0.1, 0.15) is 25.3 Å². The zero-order valence-corrected chi connectivity index (χ0v) is 11.6. The molecule has 0 aliphatic carbocycles. The fraction of sp³-hybridized carbons (Fsp3) is 0.500. The number of hydrogen-bond donors (Lipinski definition) is 1. The van der Waals surface area contributed by atoms with Gasteiger partial charge in [-0.1, -0.05) is 22.0 Å². The Kier molecular flexibility index (Phi) is 6.32. The first kappa shape index (κ1) is 13.9. The van der Waals surface area contributed by atoms with E-state index < -0.39 is 0 Å². The second kappa shape index (κ2) is 7.25. The molecule has 0 heterocycles. The molecule has 0 bridgehead atoms. The first-order valence-corrected chi connectivity index (χ1v) is 6.69. The minimum absolute atomic E-state index is 0.217. The van der Waals surface area contributed by atoms with E-state index in [2.05, 4.69) is 28.2 Å². The molecule has 0 radical (unpaired) electrons. The molecule has 1 nitrogen and oxygen atoms in total. The second-order valence-corrected chi connectivity index (χ2v) is 5.08. The molecule has 0 saturated heterocycles. The van der Waals surface area contributed by atoms with Gasteiger partial charge in [0.25, 0.3) is 0 Å². The van der Waals surface area contributed by atoms with E-state index in [0.29, 0.717) is 11.9 Å². The Labute approximate surface area is 110 Å². The van der Waals surface area contributed by atoms with Gasteiger partial charge in [-0.2, -0.15) is 0 Å². The minimum atomic E-state index is -0.217. The maximum atomic E-state index is 12.8. The van der Waals surface area contributed by atoms with Crippen LogP contribution < -0.4 is 5.32 Å². The lowest BCUT2D eigenvalue weighted by Gasteiger charge is -2.13. The number of halogens is 3. The van der Waals surface area contributed by atoms with E-state index in [1.165, 1.54) is 12.1 Å². The Balaban J connectivity index is 2.42. The molecule has 1 rings (SSSR count). The predicted octanol–water partition coefficient (Wildman–Crippen LogP) is 4.09. The molecule has 0 aromatic heterocycles. The van der Waals surface area contributed by atoms with Crippen molar-refractivity contribution in [3.63, 3.8) is 0 Å². The van der Waals surface area contributed by atoms with Crippen molar-refractivity contribution in [3.05, 3.63) is 34.1 Å². The van der Waals surface area contributed by atoms with Gasteiger partial charge in [-0.25, -0.2) is 4.39 Å². The normalized spacial score (nSPS) is 12.8. The highest BCUT2D eigenvalue weighted by atomic mass is 79.9. The van der Waals surface area contributed by atoms with Crippen molar-refractivity contribution in [1.82, 2.24) is 5.32 Å². The molecule has 4 heteroatoms. The molecule has 0 aliphatic heterocycles. The molecule has 0 aliphatic rings. The van der Waals surface area contributed by atoms with E-state index in [4.69, 9.17) is 11.6 Å². The highest BCUT2D eigenvalue weighted by Gasteiger charge is 2.04. The summed E-state index contributed by atoms with van der Waals surface area (Å²) in [5, 5.41) is 3.38. The molecule has 0 saturated carbocycles. The highest BCUT2D eigenvalue weighted by Crippen LogP contribution is 2.18. The maximum absolute atomic E-state index is 12.8. The van der Waals surface area contributed by atoms with E-state index in [-0.39, 0.29) is 5.82 Å². The molecular formula is C12H16BrClFN. The van der Waals surface area contributed by atoms with Crippen LogP contribution in [0.15, 0.2) is 22.7 Å². The fourth-order valence-electron chi connectivity index (χ4n) is 1.43. The number of alkyl halides is 1. The molecule has 1 N–H and O–H groups in total. The Hall–Kier alpha value is -0.120. The lowest BCUT2D eigenvalue weighted by atomic mass is 10.1. The monoisotopic (exact) mass is 307 g/mol. The summed E-state index contributed by atoms with van der Waals surface area (Å²) >= 11 is 8.98. The van der Waals surface area contributed by atoms with Crippen molar-refractivity contribution >= 4 is 27.5 Å². The van der Waals surface area contributed by atoms with E-state index in [1.807, 2.05) is 0 Å². The molecular weight excluding hydrogens is 292 g/mol. The van der Waals surface area contributed by atoms with Gasteiger partial charge in [0, 0.05) is 22.9 Å². The van der Waals surface area contributed by atoms with Crippen molar-refractivity contribution in [3.8, 4) is 0 Å². The summed E-state index contributed by atoms with van der Waals surface area (Å²) in [6.45, 7) is 2.87. The Bertz CT molecular complexity index is 333. The Morgan fingerprint density at radius 3 is 2.88 bits per heavy atom. The first-order chi connectivity index (χ1) is 7.63. The topological polar surface area (TPSA) is 12.0 Å². The second-order valence-electron chi connectivity index (χ2n) is 3.85. The lowest BCUT2D eigenvalue weighted by molar-refractivity contribution is 0.508. The predicted molar refractivity (Wildman–Crippen MR) is 70.4 cm³/mol. The van der Waals surface area contributed by atoms with Crippen molar-refractivity contribution in [2.75, 3.05) is 5.88 Å². The van der Waals surface area contributed by atoms with Gasteiger partial charge in [0.2, 0.25) is 0 Å². The molecule has 1 aromatic carbocycles. The quantitative estimate of drug-likeness (QED) is 0.781. The summed E-state index contributed by atoms with van der Waals surface area (Å²) in [4.78, 5) is 0. The highest BCUT2D eigenvalue weighted by molar-refractivity contribution is 9.10. The van der Waals surface area contributed by atoms with Crippen molar-refractivity contribution in [2.45, 2.75) is 32.4 Å². The van der Waals surface area contributed by atoms with Crippen molar-refractivity contribution in [2.24, 2.45) is 0 Å². The zero-order chi connectivity index (χ0) is 12.0. The van der Waals surface area contributed by atoms with Gasteiger partial charge >= 0.3 is 0 Å². The lowest BCUT2D eigenvalue weighted by Crippen LogP contribution is -2.25. The van der Waals surface area contributed by atoms with Gasteiger partial charge in [0.05, 0.1) is 0 Å². The summed E-state index contributed by atoms with van der Waals surface area (Å²) in [5.41, 5.74) is 1.07. The summed E-state index contributed by atoms with van der Waals surface area (Å²) < 4.78 is 13.7. The average molecular weight is 309 g/mol. The standard InChI is InChI=1S/C12H16BrClFN/c1-9(3-2-6-14)16-8-10-4-5-11(15)7-12(10)13/h4-5,7,9,16H,2-3,6,8H2,1H3. The fourth-order valence-corrected chi connectivity index (χ4v) is 2.08. The van der Waals surface area contributed by atoms with Crippen LogP contribution in [0.25, 0.3) is 0 Å². The molecule has 1 unspecified atom stereocenters. The third-order valence-corrected chi connectivity index (χ3v) is 3.43. The van der Waals surface area contributed by atoms with Crippen LogP contribution >= 0.6 is 27.5 Å². The third kappa shape index (κ3) is 4.81. The summed E-state index contributed by atoms with van der Waals surface area (Å²) in [5.74, 6) is 0.484. The van der Waals surface area contributed by atoms with Crippen LogP contribution in [0, 0.1) is 5.82 Å². The summed E-state index contributed by atoms with van der Waals surface area (Å²) in [7, 11) is 0. The van der Waals surface area contributed by atoms with Gasteiger partial charge in [-0.05, 0) is 37.5 Å². The average Bonchev–Trinajstić information content (AvgIpc) is 2.25. The zero-order valence-electron chi connectivity index (χ0n) is 9.27. The number of benzene rings is 1. The summed E-state index contributed by atoms with van der Waals surface area (Å²) in [6, 6.07) is 5.18. The Morgan fingerprint density at radius 1 is 1.50 bits per heavy atom. The molecule has 1 aromatic rings. The molecule has 0 fully saturated rings. The molecule has 90 valence electrons. The van der Waals surface area contributed by atoms with E-state index in [0.717, 1.165) is 29.4 Å². The van der Waals surface area contributed by atoms with E-state index in [9.17, 15) is 4.39 Å². The molecule has 0 amide bonds.